The Kier molecular flexibility index (Phi) is 1.74. The Morgan fingerprint density at radius 3 is 3.00 bits per heavy atom. The van der Waals surface area contributed by atoms with Crippen molar-refractivity contribution in [3.63, 3.8) is 0 Å². The Balaban J connectivity index is 2.67. The second kappa shape index (κ2) is 2.61. The molecular formula is C6H3NO2Se2. The van der Waals surface area contributed by atoms with E-state index in [-0.39, 0.29) is 19.4 Å². The summed E-state index contributed by atoms with van der Waals surface area (Å²) in [5.74, 6) is 0. The summed E-state index contributed by atoms with van der Waals surface area (Å²) in [6.45, 7) is 0. The molecule has 0 N–H and O–H groups in total. The summed E-state index contributed by atoms with van der Waals surface area (Å²) in [6.07, 6.45) is 0. The van der Waals surface area contributed by atoms with E-state index >= 15 is 0 Å². The van der Waals surface area contributed by atoms with Crippen molar-refractivity contribution in [2.45, 2.75) is 0 Å². The molecule has 0 saturated carbocycles. The third-order valence-corrected chi connectivity index (χ3v) is 6.67. The van der Waals surface area contributed by atoms with Gasteiger partial charge in [-0.1, -0.05) is 0 Å². The van der Waals surface area contributed by atoms with Crippen molar-refractivity contribution >= 4 is 42.1 Å². The zero-order valence-corrected chi connectivity index (χ0v) is 8.74. The van der Waals surface area contributed by atoms with Gasteiger partial charge in [-0.3, -0.25) is 0 Å². The minimum atomic E-state index is -0.262. The van der Waals surface area contributed by atoms with E-state index in [1.807, 2.05) is 6.07 Å². The van der Waals surface area contributed by atoms with Gasteiger partial charge in [-0.15, -0.1) is 0 Å². The summed E-state index contributed by atoms with van der Waals surface area (Å²) in [4.78, 5) is 12.2. The van der Waals surface area contributed by atoms with E-state index in [0.29, 0.717) is 19.1 Å². The van der Waals surface area contributed by atoms with Crippen LogP contribution in [0.25, 0.3) is 8.52 Å². The third-order valence-electron chi connectivity index (χ3n) is 1.31. The Bertz CT molecular complexity index is 375. The average Bonchev–Trinajstić information content (AvgIpc) is 2.40. The molecule has 0 aliphatic carbocycles. The number of hydrogen-bond donors (Lipinski definition) is 0. The number of hydrogen-bond acceptors (Lipinski definition) is 2. The van der Waals surface area contributed by atoms with Crippen LogP contribution >= 0.6 is 0 Å². The fourth-order valence-corrected chi connectivity index (χ4v) is 5.72. The predicted octanol–water partition coefficient (Wildman–Crippen LogP) is 0.862. The van der Waals surface area contributed by atoms with E-state index in [1.54, 1.807) is 6.07 Å². The van der Waals surface area contributed by atoms with Crippen LogP contribution in [0, 0.1) is 10.1 Å². The first-order valence-corrected chi connectivity index (χ1v) is 6.44. The van der Waals surface area contributed by atoms with Gasteiger partial charge in [0, 0.05) is 0 Å². The van der Waals surface area contributed by atoms with E-state index < -0.39 is 0 Å². The summed E-state index contributed by atoms with van der Waals surface area (Å²) in [5.41, 5.74) is 0. The van der Waals surface area contributed by atoms with Crippen molar-refractivity contribution in [1.29, 1.82) is 0 Å². The minimum absolute atomic E-state index is 0.0162. The molecule has 5 heteroatoms. The molecule has 0 radical (unpaired) electrons. The van der Waals surface area contributed by atoms with Gasteiger partial charge in [0.1, 0.15) is 0 Å². The molecule has 0 saturated heterocycles. The molecule has 2 heterocycles. The van der Waals surface area contributed by atoms with Crippen LogP contribution in [0.5, 0.6) is 0 Å². The Hall–Kier alpha value is -0.341. The summed E-state index contributed by atoms with van der Waals surface area (Å²) in [7, 11) is 0. The molecule has 11 heavy (non-hydrogen) atoms. The standard InChI is InChI=1S/C6H3NO2Se2/c8-7(9)5-3-4-1-2-10-6(4)11-5/h1-3H. The SMILES string of the molecule is O=[N+]([O-])c1cc2cc[se]c2[se]1. The fraction of sp³-hybridized carbons (Fsp3) is 0. The zero-order valence-electron chi connectivity index (χ0n) is 5.31. The topological polar surface area (TPSA) is 43.1 Å². The van der Waals surface area contributed by atoms with Gasteiger partial charge in [0.2, 0.25) is 0 Å². The number of nitrogens with zero attached hydrogens (tertiary/aromatic N) is 1. The Morgan fingerprint density at radius 2 is 2.36 bits per heavy atom. The molecule has 0 spiro atoms. The number of fused-ring (bicyclic) bond motifs is 1. The van der Waals surface area contributed by atoms with E-state index in [4.69, 9.17) is 0 Å². The number of rotatable bonds is 1. The molecule has 2 rings (SSSR count). The normalized spacial score (nSPS) is 10.5. The van der Waals surface area contributed by atoms with E-state index in [1.165, 1.54) is 3.13 Å². The van der Waals surface area contributed by atoms with Crippen LogP contribution in [-0.4, -0.2) is 33.9 Å². The first-order valence-electron chi connectivity index (χ1n) is 2.89. The Morgan fingerprint density at radius 1 is 1.55 bits per heavy atom. The average molecular weight is 279 g/mol. The summed E-state index contributed by atoms with van der Waals surface area (Å²) < 4.78 is 1.73. The van der Waals surface area contributed by atoms with Gasteiger partial charge >= 0.3 is 74.2 Å². The van der Waals surface area contributed by atoms with Gasteiger partial charge in [-0.05, 0) is 0 Å². The summed E-state index contributed by atoms with van der Waals surface area (Å²) in [5, 5.41) is 11.4. The van der Waals surface area contributed by atoms with Crippen molar-refractivity contribution in [1.82, 2.24) is 0 Å². The second-order valence-electron chi connectivity index (χ2n) is 2.01. The molecule has 0 aliphatic rings. The fourth-order valence-electron chi connectivity index (χ4n) is 0.843. The molecule has 2 aromatic heterocycles. The van der Waals surface area contributed by atoms with Crippen molar-refractivity contribution in [2.24, 2.45) is 0 Å². The summed E-state index contributed by atoms with van der Waals surface area (Å²) >= 11 is 0.423. The van der Waals surface area contributed by atoms with E-state index in [9.17, 15) is 10.1 Å². The summed E-state index contributed by atoms with van der Waals surface area (Å²) in [6, 6.07) is 3.70. The molecule has 0 atom stereocenters. The van der Waals surface area contributed by atoms with Gasteiger partial charge in [0.15, 0.2) is 0 Å². The maximum atomic E-state index is 10.3. The molecule has 56 valence electrons. The second-order valence-corrected chi connectivity index (χ2v) is 7.40. The van der Waals surface area contributed by atoms with Gasteiger partial charge in [-0.25, -0.2) is 0 Å². The van der Waals surface area contributed by atoms with Crippen LogP contribution in [0.4, 0.5) is 4.56 Å². The van der Waals surface area contributed by atoms with Crippen LogP contribution in [0.15, 0.2) is 17.1 Å². The third kappa shape index (κ3) is 1.21. The van der Waals surface area contributed by atoms with Crippen LogP contribution in [0.3, 0.4) is 0 Å². The van der Waals surface area contributed by atoms with Gasteiger partial charge in [0.25, 0.3) is 0 Å². The molecule has 3 nitrogen and oxygen atoms in total. The molecule has 0 bridgehead atoms. The van der Waals surface area contributed by atoms with Crippen LogP contribution in [0.1, 0.15) is 0 Å². The number of nitro groups is 1. The monoisotopic (exact) mass is 281 g/mol. The molecule has 2 aromatic rings. The first kappa shape index (κ1) is 7.32. The molecule has 0 aliphatic heterocycles. The van der Waals surface area contributed by atoms with Crippen molar-refractivity contribution < 1.29 is 4.92 Å². The van der Waals surface area contributed by atoms with Crippen molar-refractivity contribution in [2.75, 3.05) is 0 Å². The van der Waals surface area contributed by atoms with Crippen molar-refractivity contribution in [3.8, 4) is 0 Å². The quantitative estimate of drug-likeness (QED) is 0.441. The molecular weight excluding hydrogens is 276 g/mol. The van der Waals surface area contributed by atoms with Crippen LogP contribution in [-0.2, 0) is 0 Å². The van der Waals surface area contributed by atoms with Gasteiger partial charge in [0.05, 0.1) is 0 Å². The maximum absolute atomic E-state index is 10.3. The zero-order chi connectivity index (χ0) is 7.84. The molecule has 0 aromatic carbocycles. The van der Waals surface area contributed by atoms with Gasteiger partial charge < -0.3 is 0 Å². The molecule has 0 unspecified atom stereocenters. The van der Waals surface area contributed by atoms with E-state index in [0.717, 1.165) is 5.39 Å². The van der Waals surface area contributed by atoms with Crippen LogP contribution < -0.4 is 0 Å². The van der Waals surface area contributed by atoms with Crippen LogP contribution in [0.2, 0.25) is 0 Å². The molecule has 0 amide bonds. The Labute approximate surface area is 74.3 Å². The van der Waals surface area contributed by atoms with Crippen molar-refractivity contribution in [3.05, 3.63) is 27.2 Å². The predicted molar refractivity (Wildman–Crippen MR) is 44.5 cm³/mol. The molecule has 0 fully saturated rings. The van der Waals surface area contributed by atoms with E-state index in [2.05, 4.69) is 4.94 Å². The van der Waals surface area contributed by atoms with Gasteiger partial charge in [-0.2, -0.15) is 0 Å². The first-order chi connectivity index (χ1) is 5.27.